The zero-order valence-corrected chi connectivity index (χ0v) is 14.8. The van der Waals surface area contributed by atoms with Gasteiger partial charge in [-0.2, -0.15) is 0 Å². The molecular formula is C20H26FNO3. The molecule has 5 heteroatoms. The summed E-state index contributed by atoms with van der Waals surface area (Å²) in [5, 5.41) is 7.00. The smallest absolute Gasteiger partial charge is 0.150 e. The van der Waals surface area contributed by atoms with E-state index < -0.39 is 0 Å². The van der Waals surface area contributed by atoms with E-state index in [1.165, 1.54) is 11.6 Å². The largest absolute Gasteiger partial charge is 0.400 e. The van der Waals surface area contributed by atoms with Gasteiger partial charge in [0.25, 0.3) is 0 Å². The summed E-state index contributed by atoms with van der Waals surface area (Å²) >= 11 is 0. The normalized spacial score (nSPS) is 13.0. The van der Waals surface area contributed by atoms with Crippen molar-refractivity contribution in [2.75, 3.05) is 38.3 Å². The van der Waals surface area contributed by atoms with E-state index in [2.05, 4.69) is 31.2 Å². The molecule has 0 unspecified atom stereocenters. The van der Waals surface area contributed by atoms with Crippen molar-refractivity contribution >= 4 is 12.0 Å². The van der Waals surface area contributed by atoms with Crippen LogP contribution in [0.5, 0.6) is 0 Å². The number of benzene rings is 2. The summed E-state index contributed by atoms with van der Waals surface area (Å²) in [4.78, 5) is 12.4. The highest BCUT2D eigenvalue weighted by molar-refractivity contribution is 5.76. The molecule has 0 aromatic heterocycles. The fraction of sp³-hybridized carbons (Fsp3) is 0.350. The van der Waals surface area contributed by atoms with E-state index in [1.54, 1.807) is 12.1 Å². The van der Waals surface area contributed by atoms with Gasteiger partial charge in [0.2, 0.25) is 0 Å². The molecule has 0 amide bonds. The van der Waals surface area contributed by atoms with E-state index in [0.717, 1.165) is 13.5 Å². The number of carbonyl (C=O) groups excluding carboxylic acids is 1. The first kappa shape index (κ1) is 20.8. The van der Waals surface area contributed by atoms with Gasteiger partial charge in [-0.1, -0.05) is 37.3 Å². The van der Waals surface area contributed by atoms with E-state index in [-0.39, 0.29) is 5.82 Å². The van der Waals surface area contributed by atoms with Crippen molar-refractivity contribution < 1.29 is 19.0 Å². The van der Waals surface area contributed by atoms with Gasteiger partial charge in [-0.25, -0.2) is 4.39 Å². The van der Waals surface area contributed by atoms with Crippen molar-refractivity contribution in [3.05, 3.63) is 65.5 Å². The standard InChI is InChI=1S/C11H12FNO2.C8H10.CH4O/c12-10-7-9(8-14)1-2-11(10)13-3-5-15-6-4-13;1-2-8-6-4-3-5-7-8;1-2/h1-2,7-8H,3-6H2;3-7H,2H2,1H3;2H,1H3. The Morgan fingerprint density at radius 1 is 1.12 bits per heavy atom. The third kappa shape index (κ3) is 7.03. The van der Waals surface area contributed by atoms with Crippen LogP contribution in [0.1, 0.15) is 22.8 Å². The maximum absolute atomic E-state index is 13.6. The van der Waals surface area contributed by atoms with Gasteiger partial charge in [-0.3, -0.25) is 4.79 Å². The molecule has 0 bridgehead atoms. The third-order valence-corrected chi connectivity index (χ3v) is 3.71. The molecule has 1 fully saturated rings. The van der Waals surface area contributed by atoms with E-state index in [4.69, 9.17) is 9.84 Å². The first-order valence-corrected chi connectivity index (χ1v) is 8.30. The van der Waals surface area contributed by atoms with Gasteiger partial charge in [0.05, 0.1) is 18.9 Å². The van der Waals surface area contributed by atoms with Crippen molar-refractivity contribution in [1.82, 2.24) is 0 Å². The molecule has 1 aliphatic rings. The number of aryl methyl sites for hydroxylation is 1. The van der Waals surface area contributed by atoms with Crippen molar-refractivity contribution in [3.63, 3.8) is 0 Å². The first-order chi connectivity index (χ1) is 12.2. The van der Waals surface area contributed by atoms with E-state index >= 15 is 0 Å². The number of carbonyl (C=O) groups is 1. The SMILES string of the molecule is CCc1ccccc1.CO.O=Cc1ccc(N2CCOCC2)c(F)c1. The minimum Gasteiger partial charge on any atom is -0.400 e. The Morgan fingerprint density at radius 2 is 1.76 bits per heavy atom. The van der Waals surface area contributed by atoms with E-state index in [1.807, 2.05) is 11.0 Å². The number of aliphatic hydroxyl groups is 1. The Kier molecular flexibility index (Phi) is 10.1. The fourth-order valence-electron chi connectivity index (χ4n) is 2.37. The molecule has 0 atom stereocenters. The zero-order chi connectivity index (χ0) is 18.5. The minimum absolute atomic E-state index is 0.346. The molecule has 2 aromatic rings. The number of halogens is 1. The quantitative estimate of drug-likeness (QED) is 0.865. The molecule has 0 spiro atoms. The number of anilines is 1. The van der Waals surface area contributed by atoms with Crippen LogP contribution in [0.4, 0.5) is 10.1 Å². The van der Waals surface area contributed by atoms with Gasteiger partial charge in [0, 0.05) is 25.8 Å². The summed E-state index contributed by atoms with van der Waals surface area (Å²) < 4.78 is 18.8. The molecule has 1 N–H and O–H groups in total. The van der Waals surface area contributed by atoms with Crippen LogP contribution in [-0.2, 0) is 11.2 Å². The van der Waals surface area contributed by atoms with Crippen molar-refractivity contribution in [2.24, 2.45) is 0 Å². The second kappa shape index (κ2) is 12.2. The van der Waals surface area contributed by atoms with Crippen LogP contribution in [-0.4, -0.2) is 44.8 Å². The molecule has 0 aliphatic carbocycles. The van der Waals surface area contributed by atoms with Gasteiger partial charge in [-0.15, -0.1) is 0 Å². The number of rotatable bonds is 3. The maximum atomic E-state index is 13.6. The number of hydrogen-bond donors (Lipinski definition) is 1. The second-order valence-corrected chi connectivity index (χ2v) is 5.27. The van der Waals surface area contributed by atoms with Crippen molar-refractivity contribution in [2.45, 2.75) is 13.3 Å². The average molecular weight is 347 g/mol. The van der Waals surface area contributed by atoms with Crippen LogP contribution in [0, 0.1) is 5.82 Å². The van der Waals surface area contributed by atoms with Gasteiger partial charge in [0.1, 0.15) is 12.1 Å². The van der Waals surface area contributed by atoms with Gasteiger partial charge < -0.3 is 14.7 Å². The number of ether oxygens (including phenoxy) is 1. The van der Waals surface area contributed by atoms with Gasteiger partial charge in [-0.05, 0) is 30.2 Å². The molecule has 1 saturated heterocycles. The van der Waals surface area contributed by atoms with Gasteiger partial charge >= 0.3 is 0 Å². The predicted octanol–water partition coefficient (Wildman–Crippen LogP) is 3.33. The van der Waals surface area contributed by atoms with E-state index in [9.17, 15) is 9.18 Å². The lowest BCUT2D eigenvalue weighted by Gasteiger charge is -2.29. The topological polar surface area (TPSA) is 49.8 Å². The summed E-state index contributed by atoms with van der Waals surface area (Å²) in [7, 11) is 1.00. The summed E-state index contributed by atoms with van der Waals surface area (Å²) in [6.45, 7) is 4.79. The Labute approximate surface area is 148 Å². The lowest BCUT2D eigenvalue weighted by atomic mass is 10.2. The third-order valence-electron chi connectivity index (χ3n) is 3.71. The summed E-state index contributed by atoms with van der Waals surface area (Å²) in [6, 6.07) is 15.0. The molecule has 25 heavy (non-hydrogen) atoms. The molecule has 0 radical (unpaired) electrons. The van der Waals surface area contributed by atoms with Crippen LogP contribution in [0.3, 0.4) is 0 Å². The summed E-state index contributed by atoms with van der Waals surface area (Å²) in [6.07, 6.45) is 1.78. The Bertz CT molecular complexity index is 614. The monoisotopic (exact) mass is 347 g/mol. The highest BCUT2D eigenvalue weighted by Gasteiger charge is 2.14. The van der Waals surface area contributed by atoms with Crippen LogP contribution < -0.4 is 4.90 Å². The summed E-state index contributed by atoms with van der Waals surface area (Å²) in [5.74, 6) is -0.346. The first-order valence-electron chi connectivity index (χ1n) is 8.30. The van der Waals surface area contributed by atoms with Crippen molar-refractivity contribution in [1.29, 1.82) is 0 Å². The van der Waals surface area contributed by atoms with Crippen molar-refractivity contribution in [3.8, 4) is 0 Å². The van der Waals surface area contributed by atoms with Crippen LogP contribution >= 0.6 is 0 Å². The van der Waals surface area contributed by atoms with Crippen LogP contribution in [0.15, 0.2) is 48.5 Å². The Morgan fingerprint density at radius 3 is 2.24 bits per heavy atom. The molecule has 3 rings (SSSR count). The average Bonchev–Trinajstić information content (AvgIpc) is 2.71. The molecule has 0 saturated carbocycles. The number of nitrogens with zero attached hydrogens (tertiary/aromatic N) is 1. The summed E-state index contributed by atoms with van der Waals surface area (Å²) in [5.41, 5.74) is 2.32. The number of aldehydes is 1. The number of morpholine rings is 1. The second-order valence-electron chi connectivity index (χ2n) is 5.27. The fourth-order valence-corrected chi connectivity index (χ4v) is 2.37. The molecule has 2 aromatic carbocycles. The highest BCUT2D eigenvalue weighted by Crippen LogP contribution is 2.20. The predicted molar refractivity (Wildman–Crippen MR) is 98.8 cm³/mol. The van der Waals surface area contributed by atoms with Gasteiger partial charge in [0.15, 0.2) is 0 Å². The van der Waals surface area contributed by atoms with Crippen LogP contribution in [0.2, 0.25) is 0 Å². The lowest BCUT2D eigenvalue weighted by Crippen LogP contribution is -2.36. The number of hydrogen-bond acceptors (Lipinski definition) is 4. The highest BCUT2D eigenvalue weighted by atomic mass is 19.1. The Hall–Kier alpha value is -2.24. The molecule has 1 heterocycles. The molecule has 136 valence electrons. The van der Waals surface area contributed by atoms with Crippen LogP contribution in [0.25, 0.3) is 0 Å². The number of aliphatic hydroxyl groups excluding tert-OH is 1. The van der Waals surface area contributed by atoms with E-state index in [0.29, 0.717) is 43.8 Å². The minimum atomic E-state index is -0.346. The molecule has 1 aliphatic heterocycles. The zero-order valence-electron chi connectivity index (χ0n) is 14.8. The Balaban J connectivity index is 0.000000264. The molecule has 4 nitrogen and oxygen atoms in total. The lowest BCUT2D eigenvalue weighted by molar-refractivity contribution is 0.112. The maximum Gasteiger partial charge on any atom is 0.150 e. The molecular weight excluding hydrogens is 321 g/mol.